The van der Waals surface area contributed by atoms with Crippen LogP contribution in [0.4, 0.5) is 11.6 Å². The molecule has 0 unspecified atom stereocenters. The molecule has 7 nitrogen and oxygen atoms in total. The first-order chi connectivity index (χ1) is 12.8. The van der Waals surface area contributed by atoms with Crippen molar-refractivity contribution in [1.29, 1.82) is 0 Å². The number of pyridine rings is 1. The Balaban J connectivity index is 1.41. The van der Waals surface area contributed by atoms with Gasteiger partial charge in [0.2, 0.25) is 6.79 Å². The van der Waals surface area contributed by atoms with Gasteiger partial charge in [0.25, 0.3) is 0 Å². The molecule has 3 heterocycles. The van der Waals surface area contributed by atoms with Crippen LogP contribution in [0, 0.1) is 6.92 Å². The zero-order chi connectivity index (χ0) is 17.8. The van der Waals surface area contributed by atoms with Gasteiger partial charge in [0.15, 0.2) is 11.5 Å². The number of fused-ring (bicyclic) bond motifs is 1. The Hall–Kier alpha value is -3.35. The van der Waals surface area contributed by atoms with Crippen LogP contribution in [-0.2, 0) is 13.1 Å². The Bertz CT molecular complexity index is 902. The summed E-state index contributed by atoms with van der Waals surface area (Å²) in [5, 5.41) is 6.64. The van der Waals surface area contributed by atoms with E-state index in [1.807, 2.05) is 49.5 Å². The van der Waals surface area contributed by atoms with Crippen LogP contribution < -0.4 is 20.1 Å². The fourth-order valence-corrected chi connectivity index (χ4v) is 2.69. The third-order valence-corrected chi connectivity index (χ3v) is 3.94. The van der Waals surface area contributed by atoms with Crippen molar-refractivity contribution >= 4 is 11.6 Å². The Labute approximate surface area is 151 Å². The van der Waals surface area contributed by atoms with Crippen molar-refractivity contribution in [2.45, 2.75) is 20.0 Å². The standard InChI is InChI=1S/C19H19N5O2/c1-13-23-18(8-19(24-13)22-11-15-3-2-6-20-9-15)21-10-14-4-5-16-17(7-14)26-12-25-16/h2-9H,10-12H2,1H3,(H2,21,22,23,24). The number of nitrogens with one attached hydrogen (secondary N) is 2. The number of aromatic nitrogens is 3. The maximum absolute atomic E-state index is 5.41. The highest BCUT2D eigenvalue weighted by atomic mass is 16.7. The molecular weight excluding hydrogens is 330 g/mol. The van der Waals surface area contributed by atoms with Gasteiger partial charge in [0.1, 0.15) is 17.5 Å². The van der Waals surface area contributed by atoms with Gasteiger partial charge in [-0.2, -0.15) is 0 Å². The first kappa shape index (κ1) is 16.1. The van der Waals surface area contributed by atoms with Crippen LogP contribution in [0.25, 0.3) is 0 Å². The van der Waals surface area contributed by atoms with Crippen molar-refractivity contribution in [3.8, 4) is 11.5 Å². The third-order valence-electron chi connectivity index (χ3n) is 3.94. The van der Waals surface area contributed by atoms with E-state index in [4.69, 9.17) is 9.47 Å². The monoisotopic (exact) mass is 349 g/mol. The predicted octanol–water partition coefficient (Wildman–Crippen LogP) is 3.13. The Morgan fingerprint density at radius 1 is 0.923 bits per heavy atom. The molecule has 1 aliphatic heterocycles. The van der Waals surface area contributed by atoms with E-state index in [1.165, 1.54) is 0 Å². The van der Waals surface area contributed by atoms with E-state index in [2.05, 4.69) is 25.6 Å². The number of hydrogen-bond donors (Lipinski definition) is 2. The molecule has 0 aliphatic carbocycles. The minimum atomic E-state index is 0.281. The molecule has 26 heavy (non-hydrogen) atoms. The maximum atomic E-state index is 5.41. The number of aryl methyl sites for hydroxylation is 1. The van der Waals surface area contributed by atoms with Gasteiger partial charge in [0.05, 0.1) is 0 Å². The van der Waals surface area contributed by atoms with Gasteiger partial charge in [-0.25, -0.2) is 9.97 Å². The van der Waals surface area contributed by atoms with Crippen LogP contribution in [0.5, 0.6) is 11.5 Å². The van der Waals surface area contributed by atoms with Crippen LogP contribution in [0.3, 0.4) is 0 Å². The fourth-order valence-electron chi connectivity index (χ4n) is 2.69. The average Bonchev–Trinajstić information content (AvgIpc) is 3.13. The fraction of sp³-hybridized carbons (Fsp3) is 0.211. The van der Waals surface area contributed by atoms with E-state index < -0.39 is 0 Å². The molecule has 2 N–H and O–H groups in total. The average molecular weight is 349 g/mol. The summed E-state index contributed by atoms with van der Waals surface area (Å²) in [6, 6.07) is 11.7. The Kier molecular flexibility index (Phi) is 4.51. The number of anilines is 2. The summed E-state index contributed by atoms with van der Waals surface area (Å²) in [7, 11) is 0. The summed E-state index contributed by atoms with van der Waals surface area (Å²) in [6.07, 6.45) is 3.59. The Morgan fingerprint density at radius 2 is 1.69 bits per heavy atom. The van der Waals surface area contributed by atoms with Crippen molar-refractivity contribution in [3.05, 3.63) is 65.7 Å². The summed E-state index contributed by atoms with van der Waals surface area (Å²) in [5.74, 6) is 3.81. The van der Waals surface area contributed by atoms with Crippen LogP contribution in [0.15, 0.2) is 48.8 Å². The highest BCUT2D eigenvalue weighted by Crippen LogP contribution is 2.32. The van der Waals surface area contributed by atoms with E-state index >= 15 is 0 Å². The Morgan fingerprint density at radius 3 is 2.46 bits per heavy atom. The van der Waals surface area contributed by atoms with E-state index in [9.17, 15) is 0 Å². The van der Waals surface area contributed by atoms with Crippen LogP contribution in [0.2, 0.25) is 0 Å². The van der Waals surface area contributed by atoms with Crippen LogP contribution in [0.1, 0.15) is 17.0 Å². The molecule has 0 saturated carbocycles. The molecular formula is C19H19N5O2. The normalized spacial score (nSPS) is 12.0. The van der Waals surface area contributed by atoms with Gasteiger partial charge in [-0.15, -0.1) is 0 Å². The number of ether oxygens (including phenoxy) is 2. The zero-order valence-corrected chi connectivity index (χ0v) is 14.4. The van der Waals surface area contributed by atoms with E-state index in [1.54, 1.807) is 6.20 Å². The van der Waals surface area contributed by atoms with E-state index in [0.717, 1.165) is 34.3 Å². The molecule has 7 heteroatoms. The van der Waals surface area contributed by atoms with Crippen molar-refractivity contribution in [3.63, 3.8) is 0 Å². The summed E-state index contributed by atoms with van der Waals surface area (Å²) in [5.41, 5.74) is 2.19. The first-order valence-corrected chi connectivity index (χ1v) is 8.37. The first-order valence-electron chi connectivity index (χ1n) is 8.37. The van der Waals surface area contributed by atoms with Crippen molar-refractivity contribution in [2.75, 3.05) is 17.4 Å². The number of nitrogens with zero attached hydrogens (tertiary/aromatic N) is 3. The van der Waals surface area contributed by atoms with Gasteiger partial charge >= 0.3 is 0 Å². The minimum Gasteiger partial charge on any atom is -0.454 e. The van der Waals surface area contributed by atoms with E-state index in [0.29, 0.717) is 18.9 Å². The number of benzene rings is 1. The highest BCUT2D eigenvalue weighted by Gasteiger charge is 2.13. The highest BCUT2D eigenvalue weighted by molar-refractivity contribution is 5.49. The van der Waals surface area contributed by atoms with Crippen molar-refractivity contribution < 1.29 is 9.47 Å². The largest absolute Gasteiger partial charge is 0.454 e. The van der Waals surface area contributed by atoms with Gasteiger partial charge in [-0.1, -0.05) is 12.1 Å². The van der Waals surface area contributed by atoms with Gasteiger partial charge in [-0.05, 0) is 36.2 Å². The molecule has 0 radical (unpaired) electrons. The van der Waals surface area contributed by atoms with Crippen LogP contribution >= 0.6 is 0 Å². The second kappa shape index (κ2) is 7.26. The molecule has 2 aromatic heterocycles. The summed E-state index contributed by atoms with van der Waals surface area (Å²) in [4.78, 5) is 13.0. The molecule has 0 fully saturated rings. The predicted molar refractivity (Wildman–Crippen MR) is 98.2 cm³/mol. The molecule has 0 amide bonds. The molecule has 0 atom stereocenters. The lowest BCUT2D eigenvalue weighted by atomic mass is 10.2. The number of hydrogen-bond acceptors (Lipinski definition) is 7. The number of rotatable bonds is 6. The molecule has 0 spiro atoms. The molecule has 132 valence electrons. The van der Waals surface area contributed by atoms with Crippen molar-refractivity contribution in [1.82, 2.24) is 15.0 Å². The zero-order valence-electron chi connectivity index (χ0n) is 14.4. The summed E-state index contributed by atoms with van der Waals surface area (Å²) < 4.78 is 10.7. The molecule has 0 bridgehead atoms. The third kappa shape index (κ3) is 3.83. The second-order valence-electron chi connectivity index (χ2n) is 5.94. The van der Waals surface area contributed by atoms with Crippen LogP contribution in [-0.4, -0.2) is 21.7 Å². The minimum absolute atomic E-state index is 0.281. The lowest BCUT2D eigenvalue weighted by Crippen LogP contribution is -2.07. The SMILES string of the molecule is Cc1nc(NCc2cccnc2)cc(NCc2ccc3c(c2)OCO3)n1. The molecule has 0 saturated heterocycles. The van der Waals surface area contributed by atoms with Gasteiger partial charge < -0.3 is 20.1 Å². The molecule has 4 rings (SSSR count). The van der Waals surface area contributed by atoms with Gasteiger partial charge in [0, 0.05) is 31.5 Å². The second-order valence-corrected chi connectivity index (χ2v) is 5.94. The quantitative estimate of drug-likeness (QED) is 0.707. The molecule has 1 aliphatic rings. The molecule has 3 aromatic rings. The summed E-state index contributed by atoms with van der Waals surface area (Å²) in [6.45, 7) is 3.45. The lowest BCUT2D eigenvalue weighted by molar-refractivity contribution is 0.174. The lowest BCUT2D eigenvalue weighted by Gasteiger charge is -2.10. The van der Waals surface area contributed by atoms with Crippen molar-refractivity contribution in [2.24, 2.45) is 0 Å². The maximum Gasteiger partial charge on any atom is 0.231 e. The van der Waals surface area contributed by atoms with Gasteiger partial charge in [-0.3, -0.25) is 4.98 Å². The summed E-state index contributed by atoms with van der Waals surface area (Å²) >= 11 is 0. The van der Waals surface area contributed by atoms with E-state index in [-0.39, 0.29) is 6.79 Å². The molecule has 1 aromatic carbocycles. The smallest absolute Gasteiger partial charge is 0.231 e. The topological polar surface area (TPSA) is 81.2 Å².